The third-order valence-corrected chi connectivity index (χ3v) is 4.10. The fraction of sp³-hybridized carbons (Fsp3) is 0.312. The number of hydrogen-bond donors (Lipinski definition) is 0. The number of ether oxygens (including phenoxy) is 1. The van der Waals surface area contributed by atoms with Crippen LogP contribution in [0, 0.1) is 6.92 Å². The van der Waals surface area contributed by atoms with Crippen LogP contribution in [-0.4, -0.2) is 34.7 Å². The lowest BCUT2D eigenvalue weighted by molar-refractivity contribution is -0.150. The standard InChI is InChI=1S/C16H17NO4S/c1-4-21-15(19)11(3)17-14(18)13(22-16(17)20)9-12-7-5-10(2)6-8-12/h5-9,11H,4H2,1-3H3/b13-9-/t11-/m1/s1. The van der Waals surface area contributed by atoms with Gasteiger partial charge in [-0.15, -0.1) is 0 Å². The van der Waals surface area contributed by atoms with E-state index in [4.69, 9.17) is 4.74 Å². The smallest absolute Gasteiger partial charge is 0.329 e. The van der Waals surface area contributed by atoms with E-state index in [9.17, 15) is 14.4 Å². The number of benzene rings is 1. The Morgan fingerprint density at radius 3 is 2.55 bits per heavy atom. The lowest BCUT2D eigenvalue weighted by Gasteiger charge is -2.19. The Bertz CT molecular complexity index is 636. The highest BCUT2D eigenvalue weighted by Crippen LogP contribution is 2.33. The summed E-state index contributed by atoms with van der Waals surface area (Å²) in [6, 6.07) is 6.68. The topological polar surface area (TPSA) is 63.7 Å². The van der Waals surface area contributed by atoms with Gasteiger partial charge in [0.1, 0.15) is 6.04 Å². The molecule has 22 heavy (non-hydrogen) atoms. The molecule has 0 N–H and O–H groups in total. The van der Waals surface area contributed by atoms with E-state index < -0.39 is 23.2 Å². The number of carbonyl (C=O) groups excluding carboxylic acids is 3. The maximum absolute atomic E-state index is 12.3. The Morgan fingerprint density at radius 1 is 1.32 bits per heavy atom. The van der Waals surface area contributed by atoms with Gasteiger partial charge in [-0.2, -0.15) is 0 Å². The van der Waals surface area contributed by atoms with Crippen molar-refractivity contribution in [2.24, 2.45) is 0 Å². The summed E-state index contributed by atoms with van der Waals surface area (Å²) in [5.41, 5.74) is 1.95. The Morgan fingerprint density at radius 2 is 1.95 bits per heavy atom. The van der Waals surface area contributed by atoms with Crippen molar-refractivity contribution in [2.75, 3.05) is 6.61 Å². The first-order valence-corrected chi connectivity index (χ1v) is 7.76. The van der Waals surface area contributed by atoms with Crippen molar-refractivity contribution in [2.45, 2.75) is 26.8 Å². The number of imide groups is 1. The summed E-state index contributed by atoms with van der Waals surface area (Å²) in [5, 5.41) is -0.455. The molecular weight excluding hydrogens is 302 g/mol. The van der Waals surface area contributed by atoms with E-state index in [2.05, 4.69) is 0 Å². The minimum Gasteiger partial charge on any atom is -0.464 e. The molecule has 1 aliphatic heterocycles. The van der Waals surface area contributed by atoms with E-state index in [1.807, 2.05) is 31.2 Å². The number of thioether (sulfide) groups is 1. The monoisotopic (exact) mass is 319 g/mol. The van der Waals surface area contributed by atoms with Crippen molar-refractivity contribution in [1.29, 1.82) is 0 Å². The first-order chi connectivity index (χ1) is 10.4. The fourth-order valence-electron chi connectivity index (χ4n) is 2.00. The van der Waals surface area contributed by atoms with Crippen LogP contribution >= 0.6 is 11.8 Å². The van der Waals surface area contributed by atoms with Gasteiger partial charge in [-0.05, 0) is 44.2 Å². The molecule has 6 heteroatoms. The van der Waals surface area contributed by atoms with E-state index in [0.717, 1.165) is 27.8 Å². The second kappa shape index (κ2) is 6.79. The molecule has 1 atom stereocenters. The first kappa shape index (κ1) is 16.3. The summed E-state index contributed by atoms with van der Waals surface area (Å²) >= 11 is 0.835. The van der Waals surface area contributed by atoms with Crippen LogP contribution in [0.5, 0.6) is 0 Å². The van der Waals surface area contributed by atoms with Crippen molar-refractivity contribution >= 4 is 35.0 Å². The number of nitrogens with zero attached hydrogens (tertiary/aromatic N) is 1. The molecule has 1 aromatic carbocycles. The average molecular weight is 319 g/mol. The van der Waals surface area contributed by atoms with Gasteiger partial charge >= 0.3 is 5.97 Å². The van der Waals surface area contributed by atoms with Gasteiger partial charge in [0.25, 0.3) is 11.1 Å². The van der Waals surface area contributed by atoms with Crippen LogP contribution in [0.25, 0.3) is 6.08 Å². The van der Waals surface area contributed by atoms with Crippen molar-refractivity contribution in [1.82, 2.24) is 4.90 Å². The van der Waals surface area contributed by atoms with Crippen molar-refractivity contribution in [3.63, 3.8) is 0 Å². The Labute approximate surface area is 133 Å². The van der Waals surface area contributed by atoms with Crippen LogP contribution in [0.15, 0.2) is 29.2 Å². The third-order valence-electron chi connectivity index (χ3n) is 3.21. The van der Waals surface area contributed by atoms with E-state index >= 15 is 0 Å². The molecule has 1 aliphatic rings. The molecule has 2 rings (SSSR count). The van der Waals surface area contributed by atoms with Crippen molar-refractivity contribution in [3.8, 4) is 0 Å². The molecule has 0 spiro atoms. The second-order valence-electron chi connectivity index (χ2n) is 4.89. The summed E-state index contributed by atoms with van der Waals surface area (Å²) in [5.74, 6) is -1.04. The molecule has 1 heterocycles. The maximum Gasteiger partial charge on any atom is 0.329 e. The average Bonchev–Trinajstić information content (AvgIpc) is 2.75. The van der Waals surface area contributed by atoms with Crippen molar-refractivity contribution < 1.29 is 19.1 Å². The van der Waals surface area contributed by atoms with Crippen LogP contribution in [0.1, 0.15) is 25.0 Å². The van der Waals surface area contributed by atoms with Gasteiger partial charge < -0.3 is 4.74 Å². The van der Waals surface area contributed by atoms with Crippen molar-refractivity contribution in [3.05, 3.63) is 40.3 Å². The number of rotatable bonds is 4. The highest BCUT2D eigenvalue weighted by atomic mass is 32.2. The Balaban J connectivity index is 2.21. The van der Waals surface area contributed by atoms with Gasteiger partial charge in [0.15, 0.2) is 0 Å². The normalized spacial score (nSPS) is 18.0. The number of amides is 2. The van der Waals surface area contributed by atoms with Crippen LogP contribution < -0.4 is 0 Å². The molecule has 116 valence electrons. The number of carbonyl (C=O) groups is 3. The zero-order valence-corrected chi connectivity index (χ0v) is 13.5. The van der Waals surface area contributed by atoms with Gasteiger partial charge in [0.05, 0.1) is 11.5 Å². The Kier molecular flexibility index (Phi) is 5.03. The van der Waals surface area contributed by atoms with Gasteiger partial charge in [0.2, 0.25) is 0 Å². The molecule has 0 aromatic heterocycles. The summed E-state index contributed by atoms with van der Waals surface area (Å²) in [4.78, 5) is 37.3. The quantitative estimate of drug-likeness (QED) is 0.630. The molecule has 0 saturated carbocycles. The predicted molar refractivity (Wildman–Crippen MR) is 85.1 cm³/mol. The second-order valence-corrected chi connectivity index (χ2v) is 5.88. The van der Waals surface area contributed by atoms with Crippen LogP contribution in [0.2, 0.25) is 0 Å². The molecular formula is C16H17NO4S. The van der Waals surface area contributed by atoms with Gasteiger partial charge in [-0.25, -0.2) is 4.79 Å². The summed E-state index contributed by atoms with van der Waals surface area (Å²) in [6.45, 7) is 5.34. The molecule has 0 unspecified atom stereocenters. The Hall–Kier alpha value is -2.08. The summed E-state index contributed by atoms with van der Waals surface area (Å²) in [6.07, 6.45) is 1.65. The lowest BCUT2D eigenvalue weighted by Crippen LogP contribution is -2.42. The van der Waals surface area contributed by atoms with E-state index in [1.165, 1.54) is 6.92 Å². The maximum atomic E-state index is 12.3. The molecule has 1 aromatic rings. The predicted octanol–water partition coefficient (Wildman–Crippen LogP) is 2.98. The number of esters is 1. The van der Waals surface area contributed by atoms with Gasteiger partial charge in [-0.1, -0.05) is 29.8 Å². The lowest BCUT2D eigenvalue weighted by atomic mass is 10.1. The first-order valence-electron chi connectivity index (χ1n) is 6.94. The largest absolute Gasteiger partial charge is 0.464 e. The zero-order valence-electron chi connectivity index (χ0n) is 12.7. The minimum absolute atomic E-state index is 0.207. The summed E-state index contributed by atoms with van der Waals surface area (Å²) in [7, 11) is 0. The molecule has 0 radical (unpaired) electrons. The molecule has 5 nitrogen and oxygen atoms in total. The number of hydrogen-bond acceptors (Lipinski definition) is 5. The SMILES string of the molecule is CCOC(=O)[C@@H](C)N1C(=O)S/C(=C\c2ccc(C)cc2)C1=O. The molecule has 1 fully saturated rings. The molecule has 0 aliphatic carbocycles. The van der Waals surface area contributed by atoms with E-state index in [1.54, 1.807) is 13.0 Å². The van der Waals surface area contributed by atoms with E-state index in [-0.39, 0.29) is 6.61 Å². The van der Waals surface area contributed by atoms with E-state index in [0.29, 0.717) is 4.91 Å². The van der Waals surface area contributed by atoms with Crippen LogP contribution in [0.3, 0.4) is 0 Å². The zero-order chi connectivity index (χ0) is 16.3. The minimum atomic E-state index is -0.920. The molecule has 2 amide bonds. The van der Waals surface area contributed by atoms with Gasteiger partial charge in [-0.3, -0.25) is 14.5 Å². The number of aryl methyl sites for hydroxylation is 1. The van der Waals surface area contributed by atoms with Crippen LogP contribution in [0.4, 0.5) is 4.79 Å². The fourth-order valence-corrected chi connectivity index (χ4v) is 2.90. The highest BCUT2D eigenvalue weighted by molar-refractivity contribution is 8.18. The summed E-state index contributed by atoms with van der Waals surface area (Å²) < 4.78 is 4.87. The highest BCUT2D eigenvalue weighted by Gasteiger charge is 2.41. The van der Waals surface area contributed by atoms with Crippen LogP contribution in [-0.2, 0) is 14.3 Å². The molecule has 0 bridgehead atoms. The third kappa shape index (κ3) is 3.39. The van der Waals surface area contributed by atoms with Gasteiger partial charge in [0, 0.05) is 0 Å². The molecule has 1 saturated heterocycles.